The first-order valence-corrected chi connectivity index (χ1v) is 9.90. The zero-order valence-corrected chi connectivity index (χ0v) is 16.7. The van der Waals surface area contributed by atoms with Gasteiger partial charge in [-0.1, -0.05) is 75.2 Å². The average molecular weight is 424 g/mol. The van der Waals surface area contributed by atoms with Gasteiger partial charge in [0.1, 0.15) is 0 Å². The summed E-state index contributed by atoms with van der Waals surface area (Å²) < 4.78 is 88.2. The van der Waals surface area contributed by atoms with Gasteiger partial charge >= 0.3 is 11.8 Å². The van der Waals surface area contributed by atoms with Crippen molar-refractivity contribution < 1.29 is 26.3 Å². The van der Waals surface area contributed by atoms with Gasteiger partial charge in [-0.3, -0.25) is 0 Å². The van der Waals surface area contributed by atoms with Gasteiger partial charge in [0.05, 0.1) is 0 Å². The summed E-state index contributed by atoms with van der Waals surface area (Å²) in [6.45, 7) is 3.72. The summed E-state index contributed by atoms with van der Waals surface area (Å²) in [6.07, 6.45) is 3.96. The van der Waals surface area contributed by atoms with Crippen LogP contribution < -0.4 is 0 Å². The molecule has 0 aromatic heterocycles. The molecule has 0 saturated heterocycles. The standard InChI is InChI=1S/C24H22F6/c1-3-5-15-7-9-16(10-8-15)19-13-14-20(24(29,30)23(19,27)28)18-12-11-17(6-4-2)21(25)22(18)26/h7-14H,3-6H2,1-2H3. The van der Waals surface area contributed by atoms with Crippen molar-refractivity contribution in [2.45, 2.75) is 51.4 Å². The third-order valence-electron chi connectivity index (χ3n) is 5.26. The Balaban J connectivity index is 2.09. The molecule has 0 radical (unpaired) electrons. The van der Waals surface area contributed by atoms with Crippen LogP contribution in [0, 0.1) is 11.6 Å². The van der Waals surface area contributed by atoms with Gasteiger partial charge in [-0.15, -0.1) is 0 Å². The molecule has 160 valence electrons. The summed E-state index contributed by atoms with van der Waals surface area (Å²) in [5, 5.41) is 0. The minimum atomic E-state index is -4.71. The molecule has 0 atom stereocenters. The molecule has 2 aromatic carbocycles. The Labute approximate surface area is 171 Å². The number of allylic oxidation sites excluding steroid dienone is 4. The third-order valence-corrected chi connectivity index (χ3v) is 5.26. The van der Waals surface area contributed by atoms with Gasteiger partial charge < -0.3 is 0 Å². The molecule has 0 N–H and O–H groups in total. The minimum Gasteiger partial charge on any atom is -0.203 e. The molecular formula is C24H22F6. The van der Waals surface area contributed by atoms with E-state index in [1.54, 1.807) is 19.1 Å². The van der Waals surface area contributed by atoms with Crippen LogP contribution >= 0.6 is 0 Å². The van der Waals surface area contributed by atoms with Gasteiger partial charge in [0.25, 0.3) is 0 Å². The van der Waals surface area contributed by atoms with E-state index >= 15 is 0 Å². The fraction of sp³-hybridized carbons (Fsp3) is 0.333. The lowest BCUT2D eigenvalue weighted by atomic mass is 9.83. The molecular weight excluding hydrogens is 402 g/mol. The maximum Gasteiger partial charge on any atom is 0.340 e. The van der Waals surface area contributed by atoms with E-state index in [0.29, 0.717) is 6.42 Å². The van der Waals surface area contributed by atoms with Crippen LogP contribution in [0.25, 0.3) is 11.1 Å². The Morgan fingerprint density at radius 2 is 1.23 bits per heavy atom. The van der Waals surface area contributed by atoms with Crippen molar-refractivity contribution in [1.29, 1.82) is 0 Å². The monoisotopic (exact) mass is 424 g/mol. The second-order valence-corrected chi connectivity index (χ2v) is 7.41. The number of aryl methyl sites for hydroxylation is 2. The van der Waals surface area contributed by atoms with Crippen LogP contribution in [0.4, 0.5) is 26.3 Å². The van der Waals surface area contributed by atoms with E-state index in [9.17, 15) is 26.3 Å². The highest BCUT2D eigenvalue weighted by Crippen LogP contribution is 2.53. The lowest BCUT2D eigenvalue weighted by molar-refractivity contribution is -0.133. The fourth-order valence-electron chi connectivity index (χ4n) is 3.65. The molecule has 0 amide bonds. The van der Waals surface area contributed by atoms with E-state index in [1.165, 1.54) is 12.1 Å². The summed E-state index contributed by atoms with van der Waals surface area (Å²) in [5.74, 6) is -12.1. The smallest absolute Gasteiger partial charge is 0.203 e. The van der Waals surface area contributed by atoms with Crippen molar-refractivity contribution in [2.75, 3.05) is 0 Å². The summed E-state index contributed by atoms with van der Waals surface area (Å²) >= 11 is 0. The van der Waals surface area contributed by atoms with E-state index in [2.05, 4.69) is 0 Å². The molecule has 6 heteroatoms. The number of benzene rings is 2. The summed E-state index contributed by atoms with van der Waals surface area (Å²) in [5.41, 5.74) is -2.06. The normalized spacial score (nSPS) is 17.5. The number of rotatable bonds is 6. The van der Waals surface area contributed by atoms with Crippen molar-refractivity contribution >= 4 is 11.1 Å². The van der Waals surface area contributed by atoms with E-state index in [1.807, 2.05) is 6.92 Å². The van der Waals surface area contributed by atoms with E-state index in [-0.39, 0.29) is 17.5 Å². The maximum atomic E-state index is 14.9. The Morgan fingerprint density at radius 3 is 1.83 bits per heavy atom. The van der Waals surface area contributed by atoms with Crippen LogP contribution in [-0.2, 0) is 12.8 Å². The van der Waals surface area contributed by atoms with Gasteiger partial charge in [-0.05, 0) is 29.5 Å². The van der Waals surface area contributed by atoms with E-state index in [4.69, 9.17) is 0 Å². The summed E-state index contributed by atoms with van der Waals surface area (Å²) in [7, 11) is 0. The van der Waals surface area contributed by atoms with Crippen LogP contribution in [-0.4, -0.2) is 11.8 Å². The third kappa shape index (κ3) is 3.68. The molecule has 0 unspecified atom stereocenters. The quantitative estimate of drug-likeness (QED) is 0.419. The molecule has 0 bridgehead atoms. The van der Waals surface area contributed by atoms with Gasteiger partial charge in [0.15, 0.2) is 11.6 Å². The largest absolute Gasteiger partial charge is 0.340 e. The SMILES string of the molecule is CCCc1ccc(C2=CC=C(c3ccc(CCC)c(F)c3F)C(F)(F)C2(F)F)cc1. The molecule has 30 heavy (non-hydrogen) atoms. The van der Waals surface area contributed by atoms with Crippen LogP contribution in [0.5, 0.6) is 0 Å². The number of hydrogen-bond acceptors (Lipinski definition) is 0. The molecule has 1 aliphatic carbocycles. The molecule has 1 aliphatic rings. The van der Waals surface area contributed by atoms with Gasteiger partial charge in [0.2, 0.25) is 0 Å². The van der Waals surface area contributed by atoms with Gasteiger partial charge in [0, 0.05) is 16.7 Å². The lowest BCUT2D eigenvalue weighted by Gasteiger charge is -2.33. The van der Waals surface area contributed by atoms with Crippen molar-refractivity contribution in [1.82, 2.24) is 0 Å². The molecule has 0 saturated carbocycles. The highest BCUT2D eigenvalue weighted by molar-refractivity contribution is 5.86. The molecule has 3 rings (SSSR count). The fourth-order valence-corrected chi connectivity index (χ4v) is 3.65. The van der Waals surface area contributed by atoms with Crippen LogP contribution in [0.1, 0.15) is 48.9 Å². The highest BCUT2D eigenvalue weighted by Gasteiger charge is 2.62. The van der Waals surface area contributed by atoms with Crippen molar-refractivity contribution in [3.05, 3.63) is 82.4 Å². The highest BCUT2D eigenvalue weighted by atomic mass is 19.3. The van der Waals surface area contributed by atoms with Crippen LogP contribution in [0.15, 0.2) is 48.6 Å². The molecule has 0 nitrogen and oxygen atoms in total. The number of alkyl halides is 4. The maximum absolute atomic E-state index is 14.9. The Morgan fingerprint density at radius 1 is 0.667 bits per heavy atom. The van der Waals surface area contributed by atoms with Crippen LogP contribution in [0.3, 0.4) is 0 Å². The first-order valence-electron chi connectivity index (χ1n) is 9.90. The Hall–Kier alpha value is -2.50. The topological polar surface area (TPSA) is 0 Å². The first-order chi connectivity index (χ1) is 14.1. The Bertz CT molecular complexity index is 984. The molecule has 0 fully saturated rings. The number of halogens is 6. The first kappa shape index (κ1) is 22.2. The molecule has 0 spiro atoms. The zero-order valence-electron chi connectivity index (χ0n) is 16.7. The Kier molecular flexibility index (Phi) is 6.16. The van der Waals surface area contributed by atoms with Crippen molar-refractivity contribution in [2.24, 2.45) is 0 Å². The second-order valence-electron chi connectivity index (χ2n) is 7.41. The van der Waals surface area contributed by atoms with E-state index < -0.39 is 40.2 Å². The second kappa shape index (κ2) is 8.32. The molecule has 2 aromatic rings. The summed E-state index contributed by atoms with van der Waals surface area (Å²) in [4.78, 5) is 0. The van der Waals surface area contributed by atoms with E-state index in [0.717, 1.165) is 42.7 Å². The predicted molar refractivity (Wildman–Crippen MR) is 107 cm³/mol. The molecule has 0 aliphatic heterocycles. The summed E-state index contributed by atoms with van der Waals surface area (Å²) in [6, 6.07) is 8.09. The minimum absolute atomic E-state index is 0.0219. The van der Waals surface area contributed by atoms with Gasteiger partial charge in [-0.25, -0.2) is 8.78 Å². The van der Waals surface area contributed by atoms with Gasteiger partial charge in [-0.2, -0.15) is 17.6 Å². The number of hydrogen-bond donors (Lipinski definition) is 0. The molecule has 0 heterocycles. The lowest BCUT2D eigenvalue weighted by Crippen LogP contribution is -2.44. The van der Waals surface area contributed by atoms with Crippen molar-refractivity contribution in [3.63, 3.8) is 0 Å². The van der Waals surface area contributed by atoms with Crippen LogP contribution in [0.2, 0.25) is 0 Å². The average Bonchev–Trinajstić information content (AvgIpc) is 2.70. The predicted octanol–water partition coefficient (Wildman–Crippen LogP) is 7.62. The van der Waals surface area contributed by atoms with Crippen molar-refractivity contribution in [3.8, 4) is 0 Å². The zero-order chi connectivity index (χ0) is 22.1.